The van der Waals surface area contributed by atoms with Gasteiger partial charge in [0.2, 0.25) is 10.0 Å². The van der Waals surface area contributed by atoms with Gasteiger partial charge in [0, 0.05) is 39.3 Å². The number of nitrogens with one attached hydrogen (secondary N) is 1. The lowest BCUT2D eigenvalue weighted by Gasteiger charge is -2.39. The summed E-state index contributed by atoms with van der Waals surface area (Å²) in [5, 5.41) is 3.42. The van der Waals surface area contributed by atoms with Gasteiger partial charge in [0.1, 0.15) is 0 Å². The molecular weight excluding hydrogens is 326 g/mol. The average Bonchev–Trinajstić information content (AvgIpc) is 3.03. The van der Waals surface area contributed by atoms with Gasteiger partial charge in [0.15, 0.2) is 0 Å². The molecule has 2 aliphatic heterocycles. The molecule has 1 amide bonds. The molecule has 2 aliphatic rings. The fraction of sp³-hybridized carbons (Fsp3) is 0.588. The minimum Gasteiger partial charge on any atom is -0.339 e. The standard InChI is InChI=1S/C17H25N3O3S/c1-19(2)24(22,23)15-5-3-4-14(12-15)16(21)20-10-7-17(8-11-20)6-9-18-13-17/h3-5,12,18H,6-11,13H2,1-2H3. The molecule has 3 rings (SSSR count). The van der Waals surface area contributed by atoms with E-state index in [4.69, 9.17) is 0 Å². The quantitative estimate of drug-likeness (QED) is 0.887. The number of likely N-dealkylation sites (tertiary alicyclic amines) is 1. The lowest BCUT2D eigenvalue weighted by Crippen LogP contribution is -2.44. The molecule has 0 aromatic heterocycles. The maximum absolute atomic E-state index is 12.8. The number of hydrogen-bond donors (Lipinski definition) is 1. The van der Waals surface area contributed by atoms with Crippen LogP contribution < -0.4 is 5.32 Å². The van der Waals surface area contributed by atoms with Crippen LogP contribution >= 0.6 is 0 Å². The molecule has 0 aliphatic carbocycles. The predicted octanol–water partition coefficient (Wildman–Crippen LogP) is 1.15. The molecule has 7 heteroatoms. The molecule has 0 atom stereocenters. The van der Waals surface area contributed by atoms with Gasteiger partial charge in [-0.15, -0.1) is 0 Å². The van der Waals surface area contributed by atoms with Gasteiger partial charge in [0.05, 0.1) is 4.90 Å². The molecule has 132 valence electrons. The largest absolute Gasteiger partial charge is 0.339 e. The zero-order valence-electron chi connectivity index (χ0n) is 14.3. The van der Waals surface area contributed by atoms with Gasteiger partial charge in [-0.2, -0.15) is 0 Å². The highest BCUT2D eigenvalue weighted by atomic mass is 32.2. The molecule has 2 fully saturated rings. The normalized spacial score (nSPS) is 20.7. The summed E-state index contributed by atoms with van der Waals surface area (Å²) in [6.07, 6.45) is 3.22. The summed E-state index contributed by atoms with van der Waals surface area (Å²) in [6, 6.07) is 6.34. The van der Waals surface area contributed by atoms with Crippen LogP contribution in [0.1, 0.15) is 29.6 Å². The molecule has 0 saturated carbocycles. The monoisotopic (exact) mass is 351 g/mol. The van der Waals surface area contributed by atoms with Crippen LogP contribution in [0, 0.1) is 5.41 Å². The van der Waals surface area contributed by atoms with Crippen molar-refractivity contribution in [1.82, 2.24) is 14.5 Å². The number of rotatable bonds is 3. The molecule has 2 saturated heterocycles. The second kappa shape index (κ2) is 6.46. The topological polar surface area (TPSA) is 69.7 Å². The summed E-state index contributed by atoms with van der Waals surface area (Å²) in [7, 11) is -0.548. The lowest BCUT2D eigenvalue weighted by molar-refractivity contribution is 0.0607. The Morgan fingerprint density at radius 1 is 1.21 bits per heavy atom. The van der Waals surface area contributed by atoms with Crippen molar-refractivity contribution in [2.24, 2.45) is 5.41 Å². The van der Waals surface area contributed by atoms with Crippen molar-refractivity contribution in [1.29, 1.82) is 0 Å². The smallest absolute Gasteiger partial charge is 0.253 e. The highest BCUT2D eigenvalue weighted by Gasteiger charge is 2.38. The molecule has 0 unspecified atom stereocenters. The molecule has 2 heterocycles. The van der Waals surface area contributed by atoms with E-state index in [1.807, 2.05) is 4.90 Å². The third-order valence-corrected chi connectivity index (χ3v) is 7.11. The Morgan fingerprint density at radius 3 is 2.50 bits per heavy atom. The van der Waals surface area contributed by atoms with E-state index in [0.717, 1.165) is 43.3 Å². The van der Waals surface area contributed by atoms with E-state index in [1.54, 1.807) is 12.1 Å². The van der Waals surface area contributed by atoms with Crippen LogP contribution in [-0.4, -0.2) is 63.8 Å². The fourth-order valence-electron chi connectivity index (χ4n) is 3.59. The first kappa shape index (κ1) is 17.4. The number of nitrogens with zero attached hydrogens (tertiary/aromatic N) is 2. The Bertz CT molecular complexity index is 714. The summed E-state index contributed by atoms with van der Waals surface area (Å²) in [5.74, 6) is -0.0772. The number of sulfonamides is 1. The number of benzene rings is 1. The molecular formula is C17H25N3O3S. The number of piperidine rings is 1. The first-order valence-electron chi connectivity index (χ1n) is 8.37. The van der Waals surface area contributed by atoms with E-state index >= 15 is 0 Å². The Balaban J connectivity index is 1.74. The number of hydrogen-bond acceptors (Lipinski definition) is 4. The zero-order chi connectivity index (χ0) is 17.4. The number of amides is 1. The minimum absolute atomic E-state index is 0.0772. The molecule has 0 bridgehead atoms. The van der Waals surface area contributed by atoms with Crippen LogP contribution in [-0.2, 0) is 10.0 Å². The second-order valence-electron chi connectivity index (χ2n) is 7.03. The molecule has 1 spiro atoms. The first-order chi connectivity index (χ1) is 11.3. The third kappa shape index (κ3) is 3.20. The molecule has 1 aromatic rings. The predicted molar refractivity (Wildman–Crippen MR) is 92.4 cm³/mol. The zero-order valence-corrected chi connectivity index (χ0v) is 15.1. The van der Waals surface area contributed by atoms with Gasteiger partial charge < -0.3 is 10.2 Å². The van der Waals surface area contributed by atoms with E-state index in [2.05, 4.69) is 5.32 Å². The van der Waals surface area contributed by atoms with E-state index < -0.39 is 10.0 Å². The van der Waals surface area contributed by atoms with Crippen molar-refractivity contribution >= 4 is 15.9 Å². The van der Waals surface area contributed by atoms with Crippen LogP contribution in [0.25, 0.3) is 0 Å². The fourth-order valence-corrected chi connectivity index (χ4v) is 4.54. The van der Waals surface area contributed by atoms with Crippen LogP contribution in [0.2, 0.25) is 0 Å². The van der Waals surface area contributed by atoms with Gasteiger partial charge in [-0.05, 0) is 49.4 Å². The highest BCUT2D eigenvalue weighted by Crippen LogP contribution is 2.37. The Morgan fingerprint density at radius 2 is 1.92 bits per heavy atom. The Kier molecular flexibility index (Phi) is 4.68. The number of carbonyl (C=O) groups excluding carboxylic acids is 1. The molecule has 24 heavy (non-hydrogen) atoms. The van der Waals surface area contributed by atoms with Crippen molar-refractivity contribution in [3.05, 3.63) is 29.8 Å². The van der Waals surface area contributed by atoms with Crippen LogP contribution in [0.4, 0.5) is 0 Å². The maximum Gasteiger partial charge on any atom is 0.253 e. The first-order valence-corrected chi connectivity index (χ1v) is 9.81. The van der Waals surface area contributed by atoms with Crippen LogP contribution in [0.3, 0.4) is 0 Å². The van der Waals surface area contributed by atoms with E-state index in [-0.39, 0.29) is 10.8 Å². The summed E-state index contributed by atoms with van der Waals surface area (Å²) < 4.78 is 25.7. The Hall–Kier alpha value is -1.44. The van der Waals surface area contributed by atoms with Crippen LogP contribution in [0.15, 0.2) is 29.2 Å². The second-order valence-corrected chi connectivity index (χ2v) is 9.19. The van der Waals surface area contributed by atoms with Crippen LogP contribution in [0.5, 0.6) is 0 Å². The van der Waals surface area contributed by atoms with Crippen molar-refractivity contribution in [2.75, 3.05) is 40.3 Å². The van der Waals surface area contributed by atoms with E-state index in [9.17, 15) is 13.2 Å². The summed E-state index contributed by atoms with van der Waals surface area (Å²) >= 11 is 0. The molecule has 6 nitrogen and oxygen atoms in total. The van der Waals surface area contributed by atoms with Crippen molar-refractivity contribution in [3.8, 4) is 0 Å². The summed E-state index contributed by atoms with van der Waals surface area (Å²) in [5.41, 5.74) is 0.797. The van der Waals surface area contributed by atoms with E-state index in [0.29, 0.717) is 11.0 Å². The number of carbonyl (C=O) groups is 1. The molecule has 1 aromatic carbocycles. The van der Waals surface area contributed by atoms with E-state index in [1.165, 1.54) is 32.6 Å². The van der Waals surface area contributed by atoms with Crippen molar-refractivity contribution in [2.45, 2.75) is 24.2 Å². The van der Waals surface area contributed by atoms with Gasteiger partial charge in [0.25, 0.3) is 5.91 Å². The molecule has 1 N–H and O–H groups in total. The Labute approximate surface area is 143 Å². The average molecular weight is 351 g/mol. The van der Waals surface area contributed by atoms with Gasteiger partial charge >= 0.3 is 0 Å². The van der Waals surface area contributed by atoms with Crippen molar-refractivity contribution in [3.63, 3.8) is 0 Å². The third-order valence-electron chi connectivity index (χ3n) is 5.30. The van der Waals surface area contributed by atoms with Gasteiger partial charge in [-0.3, -0.25) is 4.79 Å². The van der Waals surface area contributed by atoms with Crippen molar-refractivity contribution < 1.29 is 13.2 Å². The maximum atomic E-state index is 12.8. The minimum atomic E-state index is -3.53. The summed E-state index contributed by atoms with van der Waals surface area (Å²) in [6.45, 7) is 3.60. The van der Waals surface area contributed by atoms with Gasteiger partial charge in [-0.1, -0.05) is 6.07 Å². The van der Waals surface area contributed by atoms with Gasteiger partial charge in [-0.25, -0.2) is 12.7 Å². The highest BCUT2D eigenvalue weighted by molar-refractivity contribution is 7.89. The summed E-state index contributed by atoms with van der Waals surface area (Å²) in [4.78, 5) is 14.8. The lowest BCUT2D eigenvalue weighted by atomic mass is 9.78. The SMILES string of the molecule is CN(C)S(=O)(=O)c1cccc(C(=O)N2CCC3(CCNC3)CC2)c1. The molecule has 0 radical (unpaired) electrons.